The van der Waals surface area contributed by atoms with Gasteiger partial charge in [-0.15, -0.1) is 17.9 Å². The second kappa shape index (κ2) is 5.99. The summed E-state index contributed by atoms with van der Waals surface area (Å²) in [5.41, 5.74) is 2.73. The van der Waals surface area contributed by atoms with Crippen molar-refractivity contribution in [3.8, 4) is 0 Å². The largest absolute Gasteiger partial charge is 0.312 e. The summed E-state index contributed by atoms with van der Waals surface area (Å²) in [5.74, 6) is 0. The van der Waals surface area contributed by atoms with E-state index in [1.165, 1.54) is 16.0 Å². The smallest absolute Gasteiger partial charge is 0.0302 e. The van der Waals surface area contributed by atoms with Crippen molar-refractivity contribution in [3.05, 3.63) is 34.0 Å². The van der Waals surface area contributed by atoms with Crippen LogP contribution < -0.4 is 5.32 Å². The third kappa shape index (κ3) is 3.64. The zero-order valence-corrected chi connectivity index (χ0v) is 9.91. The van der Waals surface area contributed by atoms with Crippen LogP contribution in [0.5, 0.6) is 0 Å². The highest BCUT2D eigenvalue weighted by Crippen LogP contribution is 2.16. The molecular formula is C12H19NS. The molecule has 1 rings (SSSR count). The van der Waals surface area contributed by atoms with E-state index in [1.54, 1.807) is 0 Å². The van der Waals surface area contributed by atoms with Crippen LogP contribution in [0.25, 0.3) is 0 Å². The van der Waals surface area contributed by atoms with Crippen molar-refractivity contribution in [2.75, 3.05) is 6.54 Å². The molecule has 0 aliphatic rings. The Kier molecular flexibility index (Phi) is 4.91. The monoisotopic (exact) mass is 209 g/mol. The van der Waals surface area contributed by atoms with Crippen molar-refractivity contribution < 1.29 is 0 Å². The van der Waals surface area contributed by atoms with E-state index in [-0.39, 0.29) is 0 Å². The van der Waals surface area contributed by atoms with Gasteiger partial charge in [-0.25, -0.2) is 0 Å². The zero-order chi connectivity index (χ0) is 10.4. The van der Waals surface area contributed by atoms with Gasteiger partial charge in [-0.2, -0.15) is 0 Å². The number of thiophene rings is 1. The van der Waals surface area contributed by atoms with Gasteiger partial charge in [-0.3, -0.25) is 0 Å². The Labute approximate surface area is 90.9 Å². The lowest BCUT2D eigenvalue weighted by atomic mass is 10.2. The van der Waals surface area contributed by atoms with Crippen molar-refractivity contribution in [2.24, 2.45) is 0 Å². The van der Waals surface area contributed by atoms with Crippen LogP contribution in [0.1, 0.15) is 30.7 Å². The molecule has 2 heteroatoms. The summed E-state index contributed by atoms with van der Waals surface area (Å²) in [6, 6.07) is 2.22. The Balaban J connectivity index is 2.27. The second-order valence-corrected chi connectivity index (χ2v) is 4.61. The predicted octanol–water partition coefficient (Wildman–Crippen LogP) is 3.37. The molecule has 14 heavy (non-hydrogen) atoms. The molecular weight excluding hydrogens is 190 g/mol. The number of aryl methyl sites for hydroxylation is 1. The molecule has 0 spiro atoms. The molecule has 0 aliphatic carbocycles. The van der Waals surface area contributed by atoms with Crippen molar-refractivity contribution >= 4 is 11.3 Å². The van der Waals surface area contributed by atoms with Gasteiger partial charge in [0.2, 0.25) is 0 Å². The summed E-state index contributed by atoms with van der Waals surface area (Å²) < 4.78 is 0. The van der Waals surface area contributed by atoms with E-state index in [0.29, 0.717) is 0 Å². The highest BCUT2D eigenvalue weighted by Gasteiger charge is 2.00. The Morgan fingerprint density at radius 3 is 3.00 bits per heavy atom. The standard InChI is InChI=1S/C12H19NS/c1-4-11-6-8-14-12(11)9-13-7-5-10(2)3/h6,8,13H,2,4-5,7,9H2,1,3H3. The Morgan fingerprint density at radius 2 is 2.36 bits per heavy atom. The van der Waals surface area contributed by atoms with Gasteiger partial charge in [0.1, 0.15) is 0 Å². The fraction of sp³-hybridized carbons (Fsp3) is 0.500. The molecule has 1 heterocycles. The maximum atomic E-state index is 3.89. The van der Waals surface area contributed by atoms with Gasteiger partial charge in [0.15, 0.2) is 0 Å². The number of hydrogen-bond acceptors (Lipinski definition) is 2. The third-order valence-electron chi connectivity index (χ3n) is 2.23. The molecule has 1 N–H and O–H groups in total. The molecule has 1 nitrogen and oxygen atoms in total. The molecule has 0 saturated heterocycles. The van der Waals surface area contributed by atoms with Gasteiger partial charge in [0.25, 0.3) is 0 Å². The molecule has 0 atom stereocenters. The van der Waals surface area contributed by atoms with Crippen molar-refractivity contribution in [2.45, 2.75) is 33.2 Å². The first-order valence-corrected chi connectivity index (χ1v) is 6.02. The molecule has 0 bridgehead atoms. The Hall–Kier alpha value is -0.600. The van der Waals surface area contributed by atoms with Crippen LogP contribution in [-0.4, -0.2) is 6.54 Å². The third-order valence-corrected chi connectivity index (χ3v) is 3.20. The number of nitrogens with one attached hydrogen (secondary N) is 1. The molecule has 0 radical (unpaired) electrons. The first-order chi connectivity index (χ1) is 6.74. The predicted molar refractivity (Wildman–Crippen MR) is 64.8 cm³/mol. The number of rotatable bonds is 6. The first kappa shape index (κ1) is 11.5. The van der Waals surface area contributed by atoms with Gasteiger partial charge >= 0.3 is 0 Å². The average Bonchev–Trinajstić information content (AvgIpc) is 2.59. The van der Waals surface area contributed by atoms with Crippen LogP contribution in [0.2, 0.25) is 0 Å². The lowest BCUT2D eigenvalue weighted by Crippen LogP contribution is -2.14. The molecule has 0 aliphatic heterocycles. The van der Waals surface area contributed by atoms with E-state index >= 15 is 0 Å². The molecule has 1 aromatic heterocycles. The van der Waals surface area contributed by atoms with E-state index in [4.69, 9.17) is 0 Å². The molecule has 0 fully saturated rings. The normalized spacial score (nSPS) is 10.4. The summed E-state index contributed by atoms with van der Waals surface area (Å²) in [5, 5.41) is 5.62. The second-order valence-electron chi connectivity index (χ2n) is 3.61. The maximum absolute atomic E-state index is 3.89. The molecule has 0 amide bonds. The van der Waals surface area contributed by atoms with Crippen LogP contribution in [0.4, 0.5) is 0 Å². The van der Waals surface area contributed by atoms with E-state index in [9.17, 15) is 0 Å². The lowest BCUT2D eigenvalue weighted by molar-refractivity contribution is 0.688. The van der Waals surface area contributed by atoms with Gasteiger partial charge in [-0.1, -0.05) is 12.5 Å². The minimum atomic E-state index is 1.01. The molecule has 0 unspecified atom stereocenters. The van der Waals surface area contributed by atoms with Crippen molar-refractivity contribution in [1.82, 2.24) is 5.32 Å². The van der Waals surface area contributed by atoms with Crippen LogP contribution in [0.3, 0.4) is 0 Å². The van der Waals surface area contributed by atoms with E-state index < -0.39 is 0 Å². The minimum absolute atomic E-state index is 1.01. The maximum Gasteiger partial charge on any atom is 0.0302 e. The van der Waals surface area contributed by atoms with Gasteiger partial charge < -0.3 is 5.32 Å². The van der Waals surface area contributed by atoms with E-state index in [1.807, 2.05) is 11.3 Å². The minimum Gasteiger partial charge on any atom is -0.312 e. The van der Waals surface area contributed by atoms with Gasteiger partial charge in [0, 0.05) is 11.4 Å². The van der Waals surface area contributed by atoms with Crippen molar-refractivity contribution in [1.29, 1.82) is 0 Å². The van der Waals surface area contributed by atoms with E-state index in [0.717, 1.165) is 25.9 Å². The summed E-state index contributed by atoms with van der Waals surface area (Å²) >= 11 is 1.85. The van der Waals surface area contributed by atoms with Crippen LogP contribution in [0.15, 0.2) is 23.6 Å². The average molecular weight is 209 g/mol. The summed E-state index contributed by atoms with van der Waals surface area (Å²) in [6.07, 6.45) is 2.22. The van der Waals surface area contributed by atoms with Crippen LogP contribution in [-0.2, 0) is 13.0 Å². The quantitative estimate of drug-likeness (QED) is 0.559. The van der Waals surface area contributed by atoms with Gasteiger partial charge in [0.05, 0.1) is 0 Å². The number of hydrogen-bond donors (Lipinski definition) is 1. The molecule has 0 saturated carbocycles. The molecule has 1 aromatic rings. The van der Waals surface area contributed by atoms with E-state index in [2.05, 4.69) is 37.2 Å². The summed E-state index contributed by atoms with van der Waals surface area (Å²) in [4.78, 5) is 1.48. The molecule has 0 aromatic carbocycles. The van der Waals surface area contributed by atoms with Crippen LogP contribution >= 0.6 is 11.3 Å². The fourth-order valence-electron chi connectivity index (χ4n) is 1.34. The Morgan fingerprint density at radius 1 is 1.57 bits per heavy atom. The SMILES string of the molecule is C=C(C)CCNCc1sccc1CC. The summed E-state index contributed by atoms with van der Waals surface area (Å²) in [7, 11) is 0. The topological polar surface area (TPSA) is 12.0 Å². The highest BCUT2D eigenvalue weighted by atomic mass is 32.1. The first-order valence-electron chi connectivity index (χ1n) is 5.14. The Bertz CT molecular complexity index is 288. The summed E-state index contributed by atoms with van der Waals surface area (Å²) in [6.45, 7) is 10.2. The van der Waals surface area contributed by atoms with Crippen LogP contribution in [0, 0.1) is 0 Å². The lowest BCUT2D eigenvalue weighted by Gasteiger charge is -2.04. The van der Waals surface area contributed by atoms with Crippen molar-refractivity contribution in [3.63, 3.8) is 0 Å². The fourth-order valence-corrected chi connectivity index (χ4v) is 2.29. The molecule has 78 valence electrons. The zero-order valence-electron chi connectivity index (χ0n) is 9.10. The van der Waals surface area contributed by atoms with Gasteiger partial charge in [-0.05, 0) is 43.3 Å². The highest BCUT2D eigenvalue weighted by molar-refractivity contribution is 7.10.